The van der Waals surface area contributed by atoms with Crippen LogP contribution in [0, 0.1) is 11.3 Å². The number of carbonyl (C=O) groups excluding carboxylic acids is 1. The first-order valence-electron chi connectivity index (χ1n) is 6.77. The molecule has 1 fully saturated rings. The first-order chi connectivity index (χ1) is 7.87. The van der Waals surface area contributed by atoms with E-state index in [1.165, 1.54) is 12.8 Å². The zero-order chi connectivity index (χ0) is 13.1. The monoisotopic (exact) mass is 303 g/mol. The van der Waals surface area contributed by atoms with Crippen molar-refractivity contribution in [2.45, 2.75) is 57.7 Å². The number of hydrogen-bond acceptors (Lipinski definition) is 1. The Balaban J connectivity index is 2.73. The van der Waals surface area contributed by atoms with Gasteiger partial charge < -0.3 is 4.90 Å². The molecule has 0 aliphatic heterocycles. The molecule has 1 saturated carbocycles. The average molecular weight is 304 g/mol. The molecule has 0 heterocycles. The van der Waals surface area contributed by atoms with Crippen LogP contribution in [0.2, 0.25) is 0 Å². The quantitative estimate of drug-likeness (QED) is 0.707. The fourth-order valence-corrected chi connectivity index (χ4v) is 3.64. The molecule has 0 aromatic rings. The molecule has 1 aliphatic carbocycles. The van der Waals surface area contributed by atoms with Crippen molar-refractivity contribution in [2.24, 2.45) is 11.3 Å². The highest BCUT2D eigenvalue weighted by Crippen LogP contribution is 2.44. The SMILES string of the molecule is CC(C)CC1(C(=O)N(C)CC(C)Br)CCCC1. The molecule has 0 spiro atoms. The third-order valence-electron chi connectivity index (χ3n) is 3.69. The standard InChI is InChI=1S/C14H26BrNO/c1-11(2)9-14(7-5-6-8-14)13(17)16(4)10-12(3)15/h11-12H,5-10H2,1-4H3. The van der Waals surface area contributed by atoms with Crippen LogP contribution in [0.4, 0.5) is 0 Å². The number of alkyl halides is 1. The van der Waals surface area contributed by atoms with Gasteiger partial charge in [-0.15, -0.1) is 0 Å². The Morgan fingerprint density at radius 3 is 2.24 bits per heavy atom. The van der Waals surface area contributed by atoms with Crippen LogP contribution in [0.15, 0.2) is 0 Å². The summed E-state index contributed by atoms with van der Waals surface area (Å²) in [5.41, 5.74) is -0.0508. The van der Waals surface area contributed by atoms with E-state index in [1.54, 1.807) is 0 Å². The molecule has 1 aliphatic rings. The second-order valence-electron chi connectivity index (χ2n) is 6.05. The fourth-order valence-electron chi connectivity index (χ4n) is 3.20. The van der Waals surface area contributed by atoms with Gasteiger partial charge in [-0.05, 0) is 25.2 Å². The highest BCUT2D eigenvalue weighted by atomic mass is 79.9. The minimum absolute atomic E-state index is 0.0508. The van der Waals surface area contributed by atoms with E-state index in [1.807, 2.05) is 11.9 Å². The number of nitrogens with zero attached hydrogens (tertiary/aromatic N) is 1. The van der Waals surface area contributed by atoms with E-state index in [-0.39, 0.29) is 5.41 Å². The lowest BCUT2D eigenvalue weighted by molar-refractivity contribution is -0.141. The zero-order valence-electron chi connectivity index (χ0n) is 11.6. The van der Waals surface area contributed by atoms with Crippen LogP contribution in [0.1, 0.15) is 52.9 Å². The lowest BCUT2D eigenvalue weighted by atomic mass is 9.77. The van der Waals surface area contributed by atoms with E-state index in [4.69, 9.17) is 0 Å². The van der Waals surface area contributed by atoms with Gasteiger partial charge in [0.25, 0.3) is 0 Å². The summed E-state index contributed by atoms with van der Waals surface area (Å²) < 4.78 is 0. The topological polar surface area (TPSA) is 20.3 Å². The van der Waals surface area contributed by atoms with E-state index in [0.29, 0.717) is 16.7 Å². The predicted octanol–water partition coefficient (Wildman–Crippen LogP) is 3.83. The van der Waals surface area contributed by atoms with Crippen molar-refractivity contribution in [3.63, 3.8) is 0 Å². The summed E-state index contributed by atoms with van der Waals surface area (Å²) in [6.45, 7) is 7.34. The van der Waals surface area contributed by atoms with E-state index < -0.39 is 0 Å². The minimum atomic E-state index is -0.0508. The van der Waals surface area contributed by atoms with Gasteiger partial charge in [0.15, 0.2) is 0 Å². The second kappa shape index (κ2) is 6.21. The highest BCUT2D eigenvalue weighted by Gasteiger charge is 2.42. The van der Waals surface area contributed by atoms with Gasteiger partial charge in [0.1, 0.15) is 0 Å². The van der Waals surface area contributed by atoms with Gasteiger partial charge in [-0.25, -0.2) is 0 Å². The van der Waals surface area contributed by atoms with Crippen molar-refractivity contribution in [3.05, 3.63) is 0 Å². The molecular weight excluding hydrogens is 278 g/mol. The van der Waals surface area contributed by atoms with Crippen LogP contribution >= 0.6 is 15.9 Å². The molecule has 1 atom stereocenters. The van der Waals surface area contributed by atoms with Crippen molar-refractivity contribution in [1.29, 1.82) is 0 Å². The third kappa shape index (κ3) is 3.97. The van der Waals surface area contributed by atoms with Gasteiger partial charge in [-0.1, -0.05) is 49.5 Å². The first-order valence-corrected chi connectivity index (χ1v) is 7.68. The maximum absolute atomic E-state index is 12.6. The lowest BCUT2D eigenvalue weighted by Gasteiger charge is -2.34. The third-order valence-corrected chi connectivity index (χ3v) is 3.98. The summed E-state index contributed by atoms with van der Waals surface area (Å²) >= 11 is 3.53. The molecule has 0 saturated heterocycles. The Bertz CT molecular complexity index is 257. The second-order valence-corrected chi connectivity index (χ2v) is 7.62. The van der Waals surface area contributed by atoms with Gasteiger partial charge in [0.2, 0.25) is 5.91 Å². The summed E-state index contributed by atoms with van der Waals surface area (Å²) in [6.07, 6.45) is 5.66. The molecule has 0 N–H and O–H groups in total. The largest absolute Gasteiger partial charge is 0.344 e. The Kier molecular flexibility index (Phi) is 5.49. The number of carbonyl (C=O) groups is 1. The highest BCUT2D eigenvalue weighted by molar-refractivity contribution is 9.09. The van der Waals surface area contributed by atoms with Crippen molar-refractivity contribution >= 4 is 21.8 Å². The van der Waals surface area contributed by atoms with Gasteiger partial charge in [0, 0.05) is 23.8 Å². The molecule has 0 radical (unpaired) electrons. The molecule has 2 nitrogen and oxygen atoms in total. The maximum atomic E-state index is 12.6. The molecule has 1 amide bonds. The molecule has 0 aromatic heterocycles. The van der Waals surface area contributed by atoms with Crippen LogP contribution in [0.25, 0.3) is 0 Å². The molecule has 3 heteroatoms. The Labute approximate surface area is 114 Å². The van der Waals surface area contributed by atoms with Gasteiger partial charge in [0.05, 0.1) is 0 Å². The number of hydrogen-bond donors (Lipinski definition) is 0. The normalized spacial score (nSPS) is 20.6. The number of amides is 1. The van der Waals surface area contributed by atoms with Gasteiger partial charge in [-0.3, -0.25) is 4.79 Å². The summed E-state index contributed by atoms with van der Waals surface area (Å²) in [5, 5.41) is 0. The molecule has 1 unspecified atom stereocenters. The maximum Gasteiger partial charge on any atom is 0.228 e. The molecule has 0 bridgehead atoms. The van der Waals surface area contributed by atoms with Gasteiger partial charge >= 0.3 is 0 Å². The zero-order valence-corrected chi connectivity index (χ0v) is 13.2. The predicted molar refractivity (Wildman–Crippen MR) is 76.4 cm³/mol. The van der Waals surface area contributed by atoms with Crippen molar-refractivity contribution in [1.82, 2.24) is 4.90 Å². The van der Waals surface area contributed by atoms with Crippen molar-refractivity contribution < 1.29 is 4.79 Å². The molecule has 17 heavy (non-hydrogen) atoms. The molecule has 0 aromatic carbocycles. The molecule has 1 rings (SSSR count). The smallest absolute Gasteiger partial charge is 0.228 e. The Morgan fingerprint density at radius 2 is 1.82 bits per heavy atom. The average Bonchev–Trinajstić information content (AvgIpc) is 2.64. The molecular formula is C14H26BrNO. The van der Waals surface area contributed by atoms with Crippen LogP contribution in [0.5, 0.6) is 0 Å². The van der Waals surface area contributed by atoms with E-state index in [9.17, 15) is 4.79 Å². The summed E-state index contributed by atoms with van der Waals surface area (Å²) in [5.74, 6) is 0.974. The van der Waals surface area contributed by atoms with E-state index in [2.05, 4.69) is 36.7 Å². The number of rotatable bonds is 5. The Morgan fingerprint density at radius 1 is 1.29 bits per heavy atom. The van der Waals surface area contributed by atoms with Gasteiger partial charge in [-0.2, -0.15) is 0 Å². The Hall–Kier alpha value is -0.0500. The first kappa shape index (κ1) is 15.0. The fraction of sp³-hybridized carbons (Fsp3) is 0.929. The van der Waals surface area contributed by atoms with Crippen LogP contribution in [-0.2, 0) is 4.79 Å². The minimum Gasteiger partial charge on any atom is -0.344 e. The summed E-state index contributed by atoms with van der Waals surface area (Å²) in [6, 6.07) is 0. The van der Waals surface area contributed by atoms with Crippen LogP contribution in [0.3, 0.4) is 0 Å². The molecule has 100 valence electrons. The van der Waals surface area contributed by atoms with Crippen molar-refractivity contribution in [2.75, 3.05) is 13.6 Å². The van der Waals surface area contributed by atoms with Crippen LogP contribution < -0.4 is 0 Å². The van der Waals surface area contributed by atoms with Crippen molar-refractivity contribution in [3.8, 4) is 0 Å². The summed E-state index contributed by atoms with van der Waals surface area (Å²) in [4.78, 5) is 14.9. The van der Waals surface area contributed by atoms with E-state index in [0.717, 1.165) is 25.8 Å². The van der Waals surface area contributed by atoms with E-state index >= 15 is 0 Å². The number of halogens is 1. The lowest BCUT2D eigenvalue weighted by Crippen LogP contribution is -2.43. The van der Waals surface area contributed by atoms with Crippen LogP contribution in [-0.4, -0.2) is 29.2 Å². The summed E-state index contributed by atoms with van der Waals surface area (Å²) in [7, 11) is 1.94.